The third kappa shape index (κ3) is 5.95. The molecule has 2 heterocycles. The first-order valence-corrected chi connectivity index (χ1v) is 8.74. The topological polar surface area (TPSA) is 61.4 Å². The summed E-state index contributed by atoms with van der Waals surface area (Å²) in [5, 5.41) is 24.0. The second-order valence-corrected chi connectivity index (χ2v) is 6.31. The van der Waals surface area contributed by atoms with Crippen LogP contribution in [0.2, 0.25) is 0 Å². The summed E-state index contributed by atoms with van der Waals surface area (Å²) in [5.41, 5.74) is 4.98. The summed E-state index contributed by atoms with van der Waals surface area (Å²) in [6.07, 6.45) is 2.49. The van der Waals surface area contributed by atoms with Gasteiger partial charge in [-0.05, 0) is 42.5 Å². The van der Waals surface area contributed by atoms with Crippen molar-refractivity contribution < 1.29 is 42.3 Å². The third-order valence-electron chi connectivity index (χ3n) is 4.60. The van der Waals surface area contributed by atoms with Gasteiger partial charge < -0.3 is 10.5 Å². The number of hydrogen-bond acceptors (Lipinski definition) is 3. The van der Waals surface area contributed by atoms with Crippen molar-refractivity contribution in [3.63, 3.8) is 0 Å². The van der Waals surface area contributed by atoms with Gasteiger partial charge in [0.25, 0.3) is 0 Å². The van der Waals surface area contributed by atoms with E-state index in [1.54, 1.807) is 12.1 Å². The van der Waals surface area contributed by atoms with Gasteiger partial charge in [0, 0.05) is 45.8 Å². The third-order valence-corrected chi connectivity index (χ3v) is 4.60. The van der Waals surface area contributed by atoms with Crippen LogP contribution in [0.4, 0.5) is 10.1 Å². The molecule has 6 heteroatoms. The Morgan fingerprint density at radius 2 is 1.70 bits per heavy atom. The van der Waals surface area contributed by atoms with Crippen molar-refractivity contribution in [1.29, 1.82) is 5.26 Å². The van der Waals surface area contributed by atoms with Crippen LogP contribution in [0.1, 0.15) is 24.0 Å². The van der Waals surface area contributed by atoms with Crippen molar-refractivity contribution in [3.8, 4) is 6.07 Å². The predicted octanol–water partition coefficient (Wildman–Crippen LogP) is 4.83. The molecule has 2 aromatic rings. The van der Waals surface area contributed by atoms with Gasteiger partial charge in [0.05, 0.1) is 11.6 Å². The maximum Gasteiger partial charge on any atom is 0.123 e. The number of allylic oxidation sites excluding steroid dienone is 1. The molecule has 0 unspecified atom stereocenters. The summed E-state index contributed by atoms with van der Waals surface area (Å²) in [6.45, 7) is 2.07. The zero-order valence-corrected chi connectivity index (χ0v) is 17.9. The normalized spacial score (nSPS) is 15.4. The van der Waals surface area contributed by atoms with Crippen molar-refractivity contribution in [3.05, 3.63) is 76.4 Å². The van der Waals surface area contributed by atoms with E-state index in [1.165, 1.54) is 28.4 Å². The van der Waals surface area contributed by atoms with Crippen molar-refractivity contribution in [2.24, 2.45) is 0 Å². The van der Waals surface area contributed by atoms with E-state index < -0.39 is 0 Å². The van der Waals surface area contributed by atoms with Crippen LogP contribution in [0.15, 0.2) is 54.1 Å². The van der Waals surface area contributed by atoms with Gasteiger partial charge in [0.1, 0.15) is 5.82 Å². The molecule has 4 nitrogen and oxygen atoms in total. The molecule has 2 aromatic carbocycles. The molecule has 1 saturated heterocycles. The summed E-state index contributed by atoms with van der Waals surface area (Å²) >= 11 is 0. The molecule has 1 radical (unpaired) electrons. The van der Waals surface area contributed by atoms with Crippen LogP contribution in [0.5, 0.6) is 0 Å². The van der Waals surface area contributed by atoms with E-state index >= 15 is 0 Å². The van der Waals surface area contributed by atoms with Gasteiger partial charge in [-0.1, -0.05) is 42.0 Å². The molecular formula is C21H21FN3OY-. The van der Waals surface area contributed by atoms with Crippen LogP contribution >= 0.6 is 0 Å². The second kappa shape index (κ2) is 10.7. The number of hydrogen-bond donors (Lipinski definition) is 1. The minimum absolute atomic E-state index is 0. The predicted molar refractivity (Wildman–Crippen MR) is 99.6 cm³/mol. The van der Waals surface area contributed by atoms with Crippen LogP contribution in [0, 0.1) is 17.1 Å². The van der Waals surface area contributed by atoms with Gasteiger partial charge >= 0.3 is 0 Å². The molecule has 0 saturated carbocycles. The van der Waals surface area contributed by atoms with E-state index in [-0.39, 0.29) is 38.5 Å². The number of benzene rings is 2. The van der Waals surface area contributed by atoms with Crippen LogP contribution in [-0.4, -0.2) is 29.9 Å². The van der Waals surface area contributed by atoms with E-state index in [0.29, 0.717) is 31.5 Å². The molecule has 0 aromatic heterocycles. The van der Waals surface area contributed by atoms with Gasteiger partial charge in [-0.25, -0.2) is 4.39 Å². The summed E-state index contributed by atoms with van der Waals surface area (Å²) in [4.78, 5) is 0. The number of hydroxylamine groups is 2. The van der Waals surface area contributed by atoms with Crippen LogP contribution in [-0.2, 0) is 39.1 Å². The van der Waals surface area contributed by atoms with Gasteiger partial charge in [-0.2, -0.15) is 10.3 Å². The Bertz CT molecular complexity index is 797. The minimum atomic E-state index is -0.304. The molecule has 1 N–H and O–H groups in total. The fourth-order valence-electron chi connectivity index (χ4n) is 3.15. The SMILES string of the molecule is N#CC(=C1CCN(O)CC1)c1ccc(F)cc1.[Y].c1ccc2c(c1)CC[N-]2. The Balaban J connectivity index is 0.000000220. The van der Waals surface area contributed by atoms with E-state index in [1.807, 2.05) is 6.07 Å². The Hall–Kier alpha value is -1.58. The Morgan fingerprint density at radius 1 is 1.04 bits per heavy atom. The molecule has 2 aliphatic rings. The molecule has 0 atom stereocenters. The van der Waals surface area contributed by atoms with E-state index in [2.05, 4.69) is 29.6 Å². The van der Waals surface area contributed by atoms with Crippen molar-refractivity contribution >= 4 is 11.3 Å². The fraction of sp³-hybridized carbons (Fsp3) is 0.286. The first-order valence-electron chi connectivity index (χ1n) is 8.74. The summed E-state index contributed by atoms with van der Waals surface area (Å²) < 4.78 is 12.8. The molecule has 1 fully saturated rings. The first kappa shape index (κ1) is 21.7. The van der Waals surface area contributed by atoms with Crippen LogP contribution in [0.25, 0.3) is 10.9 Å². The zero-order chi connectivity index (χ0) is 18.4. The van der Waals surface area contributed by atoms with Crippen molar-refractivity contribution in [1.82, 2.24) is 5.06 Å². The van der Waals surface area contributed by atoms with Gasteiger partial charge in [-0.3, -0.25) is 0 Å². The van der Waals surface area contributed by atoms with Gasteiger partial charge in [-0.15, -0.1) is 12.2 Å². The van der Waals surface area contributed by atoms with Crippen molar-refractivity contribution in [2.45, 2.75) is 19.3 Å². The Morgan fingerprint density at radius 3 is 2.33 bits per heavy atom. The van der Waals surface area contributed by atoms with Crippen molar-refractivity contribution in [2.75, 3.05) is 19.6 Å². The molecule has 4 rings (SSSR count). The number of nitrogens with zero attached hydrogens (tertiary/aromatic N) is 3. The quantitative estimate of drug-likeness (QED) is 0.648. The summed E-state index contributed by atoms with van der Waals surface area (Å²) in [6, 6.07) is 16.4. The summed E-state index contributed by atoms with van der Waals surface area (Å²) in [5.74, 6) is -0.304. The van der Waals surface area contributed by atoms with E-state index in [0.717, 1.165) is 24.1 Å². The molecule has 2 aliphatic heterocycles. The molecular weight excluding hydrogens is 418 g/mol. The molecule has 27 heavy (non-hydrogen) atoms. The number of fused-ring (bicyclic) bond motifs is 1. The van der Waals surface area contributed by atoms with E-state index in [9.17, 15) is 14.9 Å². The zero-order valence-electron chi connectivity index (χ0n) is 15.1. The molecule has 0 amide bonds. The maximum absolute atomic E-state index is 12.8. The Kier molecular flexibility index (Phi) is 8.59. The number of nitriles is 1. The summed E-state index contributed by atoms with van der Waals surface area (Å²) in [7, 11) is 0. The molecule has 137 valence electrons. The molecule has 0 aliphatic carbocycles. The van der Waals surface area contributed by atoms with Crippen LogP contribution in [0.3, 0.4) is 0 Å². The number of halogens is 1. The fourth-order valence-corrected chi connectivity index (χ4v) is 3.15. The standard InChI is InChI=1S/C13H13FN2O.C8H8N.Y/c14-12-3-1-10(2-4-12)13(9-15)11-5-7-16(17)8-6-11;1-2-4-8-7(3-1)5-6-9-8;/h1-4,17H,5-8H2;1-4H,5-6H2;/q;-1;. The largest absolute Gasteiger partial charge is 0.684 e. The first-order chi connectivity index (χ1) is 12.7. The van der Waals surface area contributed by atoms with Gasteiger partial charge in [0.2, 0.25) is 0 Å². The smallest absolute Gasteiger partial charge is 0.123 e. The maximum atomic E-state index is 12.8. The monoisotopic (exact) mass is 439 g/mol. The van der Waals surface area contributed by atoms with Crippen LogP contribution < -0.4 is 0 Å². The minimum Gasteiger partial charge on any atom is -0.684 e. The second-order valence-electron chi connectivity index (χ2n) is 6.31. The molecule has 0 spiro atoms. The number of piperidine rings is 1. The Labute approximate surface area is 184 Å². The molecule has 0 bridgehead atoms. The average molecular weight is 439 g/mol. The number of rotatable bonds is 1. The average Bonchev–Trinajstić information content (AvgIpc) is 3.15. The van der Waals surface area contributed by atoms with Gasteiger partial charge in [0.15, 0.2) is 0 Å². The number of para-hydroxylation sites is 1. The van der Waals surface area contributed by atoms with E-state index in [4.69, 9.17) is 0 Å².